The van der Waals surface area contributed by atoms with Crippen molar-refractivity contribution < 1.29 is 9.59 Å². The Morgan fingerprint density at radius 2 is 1.85 bits per heavy atom. The van der Waals surface area contributed by atoms with Crippen molar-refractivity contribution in [1.29, 1.82) is 0 Å². The largest absolute Gasteiger partial charge is 0.346 e. The van der Waals surface area contributed by atoms with Crippen molar-refractivity contribution in [1.82, 2.24) is 14.9 Å². The Bertz CT molecular complexity index is 846. The molecule has 0 bridgehead atoms. The molecule has 2 aromatic rings. The molecule has 0 saturated heterocycles. The van der Waals surface area contributed by atoms with Crippen LogP contribution in [0.1, 0.15) is 66.0 Å². The zero-order valence-electron chi connectivity index (χ0n) is 15.8. The third-order valence-corrected chi connectivity index (χ3v) is 4.42. The lowest BCUT2D eigenvalue weighted by Gasteiger charge is -2.21. The summed E-state index contributed by atoms with van der Waals surface area (Å²) in [6.07, 6.45) is 2.74. The number of para-hydroxylation sites is 1. The summed E-state index contributed by atoms with van der Waals surface area (Å²) in [4.78, 5) is 29.9. The monoisotopic (exact) mass is 354 g/mol. The van der Waals surface area contributed by atoms with Crippen LogP contribution < -0.4 is 10.6 Å². The van der Waals surface area contributed by atoms with Gasteiger partial charge in [0.05, 0.1) is 5.69 Å². The van der Waals surface area contributed by atoms with Crippen LogP contribution in [0.4, 0.5) is 5.69 Å². The Balaban J connectivity index is 1.93. The highest BCUT2D eigenvalue weighted by molar-refractivity contribution is 6.04. The molecule has 138 valence electrons. The van der Waals surface area contributed by atoms with Crippen LogP contribution in [0.3, 0.4) is 0 Å². The van der Waals surface area contributed by atoms with Crippen LogP contribution in [-0.4, -0.2) is 26.9 Å². The lowest BCUT2D eigenvalue weighted by atomic mass is 10.1. The van der Waals surface area contributed by atoms with Crippen molar-refractivity contribution in [3.63, 3.8) is 0 Å². The Hall–Kier alpha value is -2.63. The van der Waals surface area contributed by atoms with Gasteiger partial charge in [-0.2, -0.15) is 0 Å². The molecule has 0 saturated carbocycles. The van der Waals surface area contributed by atoms with E-state index in [4.69, 9.17) is 0 Å². The number of aryl methyl sites for hydroxylation is 1. The molecule has 1 aromatic carbocycles. The molecule has 3 rings (SSSR count). The summed E-state index contributed by atoms with van der Waals surface area (Å²) < 4.78 is 1.90. The van der Waals surface area contributed by atoms with Gasteiger partial charge in [0, 0.05) is 17.8 Å². The smallest absolute Gasteiger partial charge is 0.291 e. The molecule has 0 aliphatic carbocycles. The van der Waals surface area contributed by atoms with Crippen LogP contribution in [0.5, 0.6) is 0 Å². The van der Waals surface area contributed by atoms with E-state index < -0.39 is 0 Å². The molecule has 26 heavy (non-hydrogen) atoms. The summed E-state index contributed by atoms with van der Waals surface area (Å²) in [7, 11) is 0. The van der Waals surface area contributed by atoms with Crippen LogP contribution in [0.15, 0.2) is 24.3 Å². The van der Waals surface area contributed by atoms with Gasteiger partial charge < -0.3 is 15.2 Å². The highest BCUT2D eigenvalue weighted by atomic mass is 16.2. The van der Waals surface area contributed by atoms with Gasteiger partial charge in [0.1, 0.15) is 5.69 Å². The highest BCUT2D eigenvalue weighted by Gasteiger charge is 2.29. The summed E-state index contributed by atoms with van der Waals surface area (Å²) in [5, 5.41) is 5.87. The maximum absolute atomic E-state index is 12.8. The molecule has 0 unspecified atom stereocenters. The van der Waals surface area contributed by atoms with E-state index in [-0.39, 0.29) is 17.4 Å². The first-order valence-corrected chi connectivity index (χ1v) is 9.05. The van der Waals surface area contributed by atoms with Crippen molar-refractivity contribution >= 4 is 17.5 Å². The molecule has 6 nitrogen and oxygen atoms in total. The highest BCUT2D eigenvalue weighted by Crippen LogP contribution is 2.23. The number of rotatable bonds is 3. The quantitative estimate of drug-likeness (QED) is 0.888. The van der Waals surface area contributed by atoms with Crippen LogP contribution in [0.2, 0.25) is 0 Å². The average molecular weight is 354 g/mol. The fourth-order valence-corrected chi connectivity index (χ4v) is 3.19. The first kappa shape index (κ1) is 18.2. The molecule has 0 radical (unpaired) electrons. The molecule has 2 amide bonds. The van der Waals surface area contributed by atoms with E-state index in [0.717, 1.165) is 36.2 Å². The Morgan fingerprint density at radius 1 is 1.12 bits per heavy atom. The van der Waals surface area contributed by atoms with Crippen molar-refractivity contribution in [3.05, 3.63) is 47.0 Å². The number of hydrogen-bond donors (Lipinski definition) is 2. The van der Waals surface area contributed by atoms with Gasteiger partial charge in [-0.25, -0.2) is 4.98 Å². The molecule has 0 spiro atoms. The number of nitrogens with one attached hydrogen (secondary N) is 2. The third-order valence-electron chi connectivity index (χ3n) is 4.42. The fraction of sp³-hybridized carbons (Fsp3) is 0.450. The van der Waals surface area contributed by atoms with E-state index in [0.29, 0.717) is 18.1 Å². The van der Waals surface area contributed by atoms with Crippen LogP contribution in [-0.2, 0) is 13.0 Å². The van der Waals surface area contributed by atoms with E-state index in [2.05, 4.69) is 15.6 Å². The minimum atomic E-state index is -0.355. The van der Waals surface area contributed by atoms with Gasteiger partial charge in [-0.3, -0.25) is 9.59 Å². The van der Waals surface area contributed by atoms with Gasteiger partial charge in [0.15, 0.2) is 5.82 Å². The minimum absolute atomic E-state index is 0.224. The van der Waals surface area contributed by atoms with Crippen LogP contribution in [0, 0.1) is 6.92 Å². The van der Waals surface area contributed by atoms with Gasteiger partial charge in [0.25, 0.3) is 11.8 Å². The van der Waals surface area contributed by atoms with E-state index >= 15 is 0 Å². The maximum Gasteiger partial charge on any atom is 0.291 e. The summed E-state index contributed by atoms with van der Waals surface area (Å²) in [5.41, 5.74) is 2.61. The summed E-state index contributed by atoms with van der Waals surface area (Å²) >= 11 is 0. The zero-order chi connectivity index (χ0) is 18.9. The summed E-state index contributed by atoms with van der Waals surface area (Å²) in [6.45, 7) is 8.44. The first-order valence-electron chi connectivity index (χ1n) is 9.05. The second-order valence-corrected chi connectivity index (χ2v) is 7.81. The number of carbonyl (C=O) groups excluding carboxylic acids is 2. The fourth-order valence-electron chi connectivity index (χ4n) is 3.19. The Morgan fingerprint density at radius 3 is 2.54 bits per heavy atom. The van der Waals surface area contributed by atoms with E-state index in [1.54, 1.807) is 0 Å². The molecule has 1 aromatic heterocycles. The van der Waals surface area contributed by atoms with Crippen LogP contribution in [0.25, 0.3) is 0 Å². The molecule has 2 heterocycles. The van der Waals surface area contributed by atoms with Crippen molar-refractivity contribution in [2.45, 2.75) is 59.0 Å². The van der Waals surface area contributed by atoms with E-state index in [1.165, 1.54) is 0 Å². The molecule has 0 fully saturated rings. The Kier molecular flexibility index (Phi) is 4.85. The number of aromatic nitrogens is 2. The van der Waals surface area contributed by atoms with Gasteiger partial charge in [0.2, 0.25) is 0 Å². The Labute approximate surface area is 154 Å². The SMILES string of the molecule is Cc1ccccc1NC(=O)c1nc(C(=O)NC(C)(C)C)c2n1CCCC2. The average Bonchev–Trinajstić information content (AvgIpc) is 2.95. The number of carbonyl (C=O) groups is 2. The van der Waals surface area contributed by atoms with Gasteiger partial charge in [-0.1, -0.05) is 18.2 Å². The minimum Gasteiger partial charge on any atom is -0.346 e. The van der Waals surface area contributed by atoms with E-state index in [9.17, 15) is 9.59 Å². The van der Waals surface area contributed by atoms with Crippen molar-refractivity contribution in [3.8, 4) is 0 Å². The summed E-state index contributed by atoms with van der Waals surface area (Å²) in [6, 6.07) is 7.61. The van der Waals surface area contributed by atoms with E-state index in [1.807, 2.05) is 56.5 Å². The normalized spacial score (nSPS) is 13.8. The topological polar surface area (TPSA) is 76.0 Å². The molecule has 2 N–H and O–H groups in total. The number of hydrogen-bond acceptors (Lipinski definition) is 3. The third kappa shape index (κ3) is 3.79. The number of benzene rings is 1. The van der Waals surface area contributed by atoms with Crippen molar-refractivity contribution in [2.75, 3.05) is 5.32 Å². The molecular formula is C20H26N4O2. The van der Waals surface area contributed by atoms with Gasteiger partial charge >= 0.3 is 0 Å². The number of imidazole rings is 1. The lowest BCUT2D eigenvalue weighted by Crippen LogP contribution is -2.41. The number of nitrogens with zero attached hydrogens (tertiary/aromatic N) is 2. The van der Waals surface area contributed by atoms with Gasteiger partial charge in [-0.15, -0.1) is 0 Å². The summed E-state index contributed by atoms with van der Waals surface area (Å²) in [5.74, 6) is -0.197. The van der Waals surface area contributed by atoms with Crippen LogP contribution >= 0.6 is 0 Å². The predicted molar refractivity (Wildman–Crippen MR) is 102 cm³/mol. The second kappa shape index (κ2) is 6.94. The molecular weight excluding hydrogens is 328 g/mol. The second-order valence-electron chi connectivity index (χ2n) is 7.81. The first-order chi connectivity index (χ1) is 12.3. The molecule has 1 aliphatic heterocycles. The van der Waals surface area contributed by atoms with Crippen molar-refractivity contribution in [2.24, 2.45) is 0 Å². The number of anilines is 1. The lowest BCUT2D eigenvalue weighted by molar-refractivity contribution is 0.0913. The maximum atomic E-state index is 12.8. The zero-order valence-corrected chi connectivity index (χ0v) is 15.8. The predicted octanol–water partition coefficient (Wildman–Crippen LogP) is 3.31. The number of amides is 2. The number of fused-ring (bicyclic) bond motifs is 1. The molecule has 6 heteroatoms. The molecule has 0 atom stereocenters. The standard InChI is InChI=1S/C20H26N4O2/c1-13-9-5-6-10-14(13)21-19(26)17-22-16(18(25)23-20(2,3)4)15-11-7-8-12-24(15)17/h5-6,9-10H,7-8,11-12H2,1-4H3,(H,21,26)(H,23,25). The molecule has 1 aliphatic rings. The van der Waals surface area contributed by atoms with Gasteiger partial charge in [-0.05, 0) is 58.6 Å².